The predicted octanol–water partition coefficient (Wildman–Crippen LogP) is 1.60. The van der Waals surface area contributed by atoms with Gasteiger partial charge in [0.2, 0.25) is 0 Å². The van der Waals surface area contributed by atoms with E-state index in [0.29, 0.717) is 0 Å². The van der Waals surface area contributed by atoms with E-state index in [0.717, 1.165) is 31.8 Å². The van der Waals surface area contributed by atoms with Gasteiger partial charge in [-0.25, -0.2) is 0 Å². The van der Waals surface area contributed by atoms with Crippen molar-refractivity contribution < 1.29 is 5.11 Å². The molecule has 0 spiro atoms. The second kappa shape index (κ2) is 7.25. The number of nitrogens with two attached hydrogens (primary N) is 1. The monoisotopic (exact) mass is 228 g/mol. The van der Waals surface area contributed by atoms with Crippen molar-refractivity contribution in [1.82, 2.24) is 4.90 Å². The van der Waals surface area contributed by atoms with Crippen LogP contribution in [0, 0.1) is 5.92 Å². The fourth-order valence-electron chi connectivity index (χ4n) is 2.74. The van der Waals surface area contributed by atoms with Gasteiger partial charge in [0.25, 0.3) is 0 Å². The Labute approximate surface area is 100 Å². The normalized spacial score (nSPS) is 23.2. The molecule has 0 amide bonds. The highest BCUT2D eigenvalue weighted by atomic mass is 16.3. The highest BCUT2D eigenvalue weighted by Crippen LogP contribution is 2.22. The molecule has 96 valence electrons. The Kier molecular flexibility index (Phi) is 6.32. The number of hydrogen-bond donors (Lipinski definition) is 2. The van der Waals surface area contributed by atoms with E-state index in [1.165, 1.54) is 19.3 Å². The highest BCUT2D eigenvalue weighted by molar-refractivity contribution is 4.84. The molecule has 2 unspecified atom stereocenters. The predicted molar refractivity (Wildman–Crippen MR) is 68.3 cm³/mol. The van der Waals surface area contributed by atoms with Gasteiger partial charge in [0.15, 0.2) is 0 Å². The van der Waals surface area contributed by atoms with Crippen LogP contribution in [-0.4, -0.2) is 41.8 Å². The Hall–Kier alpha value is -0.120. The third-order valence-corrected chi connectivity index (χ3v) is 4.00. The molecule has 0 aromatic carbocycles. The van der Waals surface area contributed by atoms with E-state index in [1.54, 1.807) is 0 Å². The van der Waals surface area contributed by atoms with Gasteiger partial charge in [0.05, 0.1) is 6.61 Å². The Balaban J connectivity index is 2.42. The lowest BCUT2D eigenvalue weighted by atomic mass is 9.92. The molecule has 0 bridgehead atoms. The SMILES string of the molecule is CCCC(N)C(CO)N1CCC(CC)CC1. The van der Waals surface area contributed by atoms with Crippen LogP contribution in [0.5, 0.6) is 0 Å². The van der Waals surface area contributed by atoms with Crippen molar-refractivity contribution in [2.45, 2.75) is 58.0 Å². The van der Waals surface area contributed by atoms with Crippen molar-refractivity contribution in [2.24, 2.45) is 11.7 Å². The molecule has 3 nitrogen and oxygen atoms in total. The molecule has 0 saturated carbocycles. The molecule has 1 heterocycles. The first-order valence-corrected chi connectivity index (χ1v) is 6.83. The minimum Gasteiger partial charge on any atom is -0.395 e. The second-order valence-corrected chi connectivity index (χ2v) is 5.09. The molecule has 3 heteroatoms. The van der Waals surface area contributed by atoms with E-state index in [9.17, 15) is 5.11 Å². The van der Waals surface area contributed by atoms with Crippen molar-refractivity contribution in [2.75, 3.05) is 19.7 Å². The lowest BCUT2D eigenvalue weighted by molar-refractivity contribution is 0.0690. The molecule has 0 radical (unpaired) electrons. The van der Waals surface area contributed by atoms with Gasteiger partial charge in [-0.15, -0.1) is 0 Å². The summed E-state index contributed by atoms with van der Waals surface area (Å²) in [7, 11) is 0. The van der Waals surface area contributed by atoms with Gasteiger partial charge in [-0.2, -0.15) is 0 Å². The number of likely N-dealkylation sites (tertiary alicyclic amines) is 1. The Morgan fingerprint density at radius 3 is 2.38 bits per heavy atom. The van der Waals surface area contributed by atoms with E-state index in [-0.39, 0.29) is 18.7 Å². The van der Waals surface area contributed by atoms with Gasteiger partial charge < -0.3 is 10.8 Å². The Bertz CT molecular complexity index is 179. The minimum atomic E-state index is 0.133. The number of rotatable bonds is 6. The van der Waals surface area contributed by atoms with Gasteiger partial charge in [-0.1, -0.05) is 26.7 Å². The molecule has 0 aliphatic carbocycles. The van der Waals surface area contributed by atoms with Crippen molar-refractivity contribution in [3.05, 3.63) is 0 Å². The van der Waals surface area contributed by atoms with E-state index >= 15 is 0 Å². The minimum absolute atomic E-state index is 0.133. The molecular weight excluding hydrogens is 200 g/mol. The lowest BCUT2D eigenvalue weighted by Crippen LogP contribution is -2.52. The van der Waals surface area contributed by atoms with Crippen molar-refractivity contribution in [3.63, 3.8) is 0 Å². The number of aliphatic hydroxyl groups is 1. The third-order valence-electron chi connectivity index (χ3n) is 4.00. The van der Waals surface area contributed by atoms with Gasteiger partial charge >= 0.3 is 0 Å². The largest absolute Gasteiger partial charge is 0.395 e. The molecule has 1 aliphatic rings. The first kappa shape index (κ1) is 13.9. The van der Waals surface area contributed by atoms with Crippen LogP contribution in [0.3, 0.4) is 0 Å². The summed E-state index contributed by atoms with van der Waals surface area (Å²) in [6.45, 7) is 6.85. The molecule has 1 aliphatic heterocycles. The zero-order chi connectivity index (χ0) is 12.0. The van der Waals surface area contributed by atoms with E-state index in [2.05, 4.69) is 18.7 Å². The van der Waals surface area contributed by atoms with E-state index < -0.39 is 0 Å². The first-order valence-electron chi connectivity index (χ1n) is 6.83. The summed E-state index contributed by atoms with van der Waals surface area (Å²) < 4.78 is 0. The van der Waals surface area contributed by atoms with Crippen LogP contribution in [0.15, 0.2) is 0 Å². The molecular formula is C13H28N2O. The van der Waals surface area contributed by atoms with Crippen LogP contribution < -0.4 is 5.73 Å². The summed E-state index contributed by atoms with van der Waals surface area (Å²) in [4.78, 5) is 2.40. The number of nitrogens with zero attached hydrogens (tertiary/aromatic N) is 1. The van der Waals surface area contributed by atoms with E-state index in [4.69, 9.17) is 5.73 Å². The van der Waals surface area contributed by atoms with Gasteiger partial charge in [-0.3, -0.25) is 4.90 Å². The standard InChI is InChI=1S/C13H28N2O/c1-3-5-12(14)13(10-16)15-8-6-11(4-2)7-9-15/h11-13,16H,3-10,14H2,1-2H3. The zero-order valence-electron chi connectivity index (χ0n) is 10.9. The maximum absolute atomic E-state index is 9.48. The first-order chi connectivity index (χ1) is 7.72. The van der Waals surface area contributed by atoms with Crippen LogP contribution >= 0.6 is 0 Å². The molecule has 16 heavy (non-hydrogen) atoms. The van der Waals surface area contributed by atoms with Crippen molar-refractivity contribution in [3.8, 4) is 0 Å². The summed E-state index contributed by atoms with van der Waals surface area (Å²) in [6.07, 6.45) is 5.94. The van der Waals surface area contributed by atoms with Crippen LogP contribution in [0.1, 0.15) is 46.0 Å². The summed E-state index contributed by atoms with van der Waals surface area (Å²) in [5.41, 5.74) is 6.14. The molecule has 1 saturated heterocycles. The van der Waals surface area contributed by atoms with Crippen LogP contribution in [0.25, 0.3) is 0 Å². The summed E-state index contributed by atoms with van der Waals surface area (Å²) >= 11 is 0. The van der Waals surface area contributed by atoms with Gasteiger partial charge in [-0.05, 0) is 38.3 Å². The summed E-state index contributed by atoms with van der Waals surface area (Å²) in [5, 5.41) is 9.48. The van der Waals surface area contributed by atoms with Crippen LogP contribution in [-0.2, 0) is 0 Å². The maximum Gasteiger partial charge on any atom is 0.0601 e. The van der Waals surface area contributed by atoms with Crippen molar-refractivity contribution >= 4 is 0 Å². The highest BCUT2D eigenvalue weighted by Gasteiger charge is 2.27. The molecule has 0 aromatic heterocycles. The average Bonchev–Trinajstić information content (AvgIpc) is 2.31. The molecule has 1 rings (SSSR count). The molecule has 2 atom stereocenters. The summed E-state index contributed by atoms with van der Waals surface area (Å²) in [6, 6.07) is 0.311. The van der Waals surface area contributed by atoms with Crippen LogP contribution in [0.4, 0.5) is 0 Å². The fourth-order valence-corrected chi connectivity index (χ4v) is 2.74. The lowest BCUT2D eigenvalue weighted by Gasteiger charge is -2.39. The zero-order valence-corrected chi connectivity index (χ0v) is 10.9. The van der Waals surface area contributed by atoms with Crippen molar-refractivity contribution in [1.29, 1.82) is 0 Å². The maximum atomic E-state index is 9.48. The summed E-state index contributed by atoms with van der Waals surface area (Å²) in [5.74, 6) is 0.887. The van der Waals surface area contributed by atoms with Gasteiger partial charge in [0.1, 0.15) is 0 Å². The third kappa shape index (κ3) is 3.72. The number of hydrogen-bond acceptors (Lipinski definition) is 3. The molecule has 0 aromatic rings. The smallest absolute Gasteiger partial charge is 0.0601 e. The van der Waals surface area contributed by atoms with Crippen LogP contribution in [0.2, 0.25) is 0 Å². The second-order valence-electron chi connectivity index (χ2n) is 5.09. The number of piperidine rings is 1. The average molecular weight is 228 g/mol. The van der Waals surface area contributed by atoms with E-state index in [1.807, 2.05) is 0 Å². The molecule has 1 fully saturated rings. The van der Waals surface area contributed by atoms with Gasteiger partial charge in [0, 0.05) is 12.1 Å². The topological polar surface area (TPSA) is 49.5 Å². The quantitative estimate of drug-likeness (QED) is 0.726. The Morgan fingerprint density at radius 2 is 1.94 bits per heavy atom. The fraction of sp³-hybridized carbons (Fsp3) is 1.00. The molecule has 3 N–H and O–H groups in total. The Morgan fingerprint density at radius 1 is 1.31 bits per heavy atom. The number of aliphatic hydroxyl groups excluding tert-OH is 1.